The first-order valence-corrected chi connectivity index (χ1v) is 11.4. The Kier molecular flexibility index (Phi) is 6.23. The summed E-state index contributed by atoms with van der Waals surface area (Å²) in [5.41, 5.74) is 2.43. The first-order chi connectivity index (χ1) is 14.9. The van der Waals surface area contributed by atoms with Crippen LogP contribution in [0.3, 0.4) is 0 Å². The number of amides is 1. The number of carbonyl (C=O) groups excluding carboxylic acids is 1. The van der Waals surface area contributed by atoms with Crippen molar-refractivity contribution in [2.24, 2.45) is 0 Å². The Morgan fingerprint density at radius 2 is 1.84 bits per heavy atom. The average molecular weight is 434 g/mol. The normalized spacial score (nSPS) is 16.7. The number of ether oxygens (including phenoxy) is 2. The van der Waals surface area contributed by atoms with Crippen LogP contribution in [-0.4, -0.2) is 18.6 Å². The van der Waals surface area contributed by atoms with Gasteiger partial charge in [0.1, 0.15) is 17.1 Å². The van der Waals surface area contributed by atoms with Crippen LogP contribution in [0.25, 0.3) is 0 Å². The number of hydrogen-bond acceptors (Lipinski definition) is 4. The van der Waals surface area contributed by atoms with E-state index < -0.39 is 0 Å². The van der Waals surface area contributed by atoms with Crippen molar-refractivity contribution < 1.29 is 14.3 Å². The van der Waals surface area contributed by atoms with Crippen molar-refractivity contribution in [3.05, 3.63) is 89.5 Å². The minimum atomic E-state index is -0.363. The zero-order chi connectivity index (χ0) is 21.8. The second kappa shape index (κ2) is 9.06. The highest BCUT2D eigenvalue weighted by atomic mass is 32.2. The number of benzene rings is 3. The molecule has 1 aliphatic rings. The van der Waals surface area contributed by atoms with Crippen molar-refractivity contribution in [2.45, 2.75) is 42.6 Å². The van der Waals surface area contributed by atoms with Crippen LogP contribution in [-0.2, 0) is 5.75 Å². The summed E-state index contributed by atoms with van der Waals surface area (Å²) in [5.74, 6) is 2.32. The molecule has 0 aliphatic carbocycles. The van der Waals surface area contributed by atoms with E-state index in [-0.39, 0.29) is 17.6 Å². The lowest BCUT2D eigenvalue weighted by Gasteiger charge is -2.38. The Balaban J connectivity index is 1.45. The molecule has 4 nitrogen and oxygen atoms in total. The monoisotopic (exact) mass is 433 g/mol. The summed E-state index contributed by atoms with van der Waals surface area (Å²) in [4.78, 5) is 14.2. The van der Waals surface area contributed by atoms with Crippen LogP contribution in [0, 0.1) is 0 Å². The first-order valence-electron chi connectivity index (χ1n) is 10.4. The van der Waals surface area contributed by atoms with E-state index in [1.807, 2.05) is 74.5 Å². The van der Waals surface area contributed by atoms with Gasteiger partial charge >= 0.3 is 0 Å². The minimum absolute atomic E-state index is 0.0845. The summed E-state index contributed by atoms with van der Waals surface area (Å²) in [6.07, 6.45) is 0.685. The number of carbonyl (C=O) groups is 1. The largest absolute Gasteiger partial charge is 0.497 e. The lowest BCUT2D eigenvalue weighted by molar-refractivity contribution is 0.0618. The Hall–Kier alpha value is -2.92. The van der Waals surface area contributed by atoms with E-state index in [9.17, 15) is 4.79 Å². The Morgan fingerprint density at radius 3 is 2.55 bits per heavy atom. The zero-order valence-electron chi connectivity index (χ0n) is 18.1. The molecule has 0 saturated carbocycles. The van der Waals surface area contributed by atoms with E-state index >= 15 is 0 Å². The fourth-order valence-corrected chi connectivity index (χ4v) is 4.64. The van der Waals surface area contributed by atoms with Gasteiger partial charge in [0.25, 0.3) is 5.91 Å². The van der Waals surface area contributed by atoms with Gasteiger partial charge in [-0.3, -0.25) is 4.79 Å². The van der Waals surface area contributed by atoms with Gasteiger partial charge in [-0.1, -0.05) is 30.3 Å². The van der Waals surface area contributed by atoms with Crippen molar-refractivity contribution in [1.29, 1.82) is 0 Å². The Morgan fingerprint density at radius 1 is 1.10 bits per heavy atom. The number of nitrogens with one attached hydrogen (secondary N) is 1. The molecule has 1 heterocycles. The molecule has 1 atom stereocenters. The third-order valence-corrected chi connectivity index (χ3v) is 6.43. The molecule has 3 aromatic carbocycles. The molecule has 5 heteroatoms. The van der Waals surface area contributed by atoms with E-state index in [1.54, 1.807) is 18.9 Å². The predicted molar refractivity (Wildman–Crippen MR) is 125 cm³/mol. The summed E-state index contributed by atoms with van der Waals surface area (Å²) in [7, 11) is 1.64. The number of rotatable bonds is 6. The molecule has 0 radical (unpaired) electrons. The van der Waals surface area contributed by atoms with Gasteiger partial charge in [0, 0.05) is 28.2 Å². The molecule has 31 heavy (non-hydrogen) atoms. The zero-order valence-corrected chi connectivity index (χ0v) is 18.9. The number of thioether (sulfide) groups is 1. The van der Waals surface area contributed by atoms with Gasteiger partial charge in [-0.05, 0) is 61.9 Å². The van der Waals surface area contributed by atoms with Crippen molar-refractivity contribution in [2.75, 3.05) is 7.11 Å². The summed E-state index contributed by atoms with van der Waals surface area (Å²) in [6, 6.07) is 23.7. The summed E-state index contributed by atoms with van der Waals surface area (Å²) in [5, 5.41) is 3.20. The lowest BCUT2D eigenvalue weighted by Crippen LogP contribution is -2.41. The molecule has 160 valence electrons. The van der Waals surface area contributed by atoms with Crippen LogP contribution < -0.4 is 14.8 Å². The van der Waals surface area contributed by atoms with Crippen molar-refractivity contribution >= 4 is 17.7 Å². The quantitative estimate of drug-likeness (QED) is 0.483. The lowest BCUT2D eigenvalue weighted by atomic mass is 9.89. The summed E-state index contributed by atoms with van der Waals surface area (Å²) >= 11 is 1.79. The number of methoxy groups -OCH3 is 1. The van der Waals surface area contributed by atoms with Crippen LogP contribution in [0.1, 0.15) is 47.8 Å². The molecule has 0 bridgehead atoms. The van der Waals surface area contributed by atoms with Crippen LogP contribution in [0.4, 0.5) is 0 Å². The molecule has 3 aromatic rings. The van der Waals surface area contributed by atoms with Crippen LogP contribution in [0.15, 0.2) is 77.7 Å². The molecule has 1 N–H and O–H groups in total. The van der Waals surface area contributed by atoms with E-state index in [0.29, 0.717) is 12.0 Å². The second-order valence-corrected chi connectivity index (χ2v) is 9.34. The highest BCUT2D eigenvalue weighted by Gasteiger charge is 2.35. The predicted octanol–water partition coefficient (Wildman–Crippen LogP) is 6.02. The molecule has 4 rings (SSSR count). The molecule has 0 saturated heterocycles. The van der Waals surface area contributed by atoms with Crippen molar-refractivity contribution in [3.8, 4) is 11.5 Å². The topological polar surface area (TPSA) is 47.6 Å². The molecule has 1 aliphatic heterocycles. The van der Waals surface area contributed by atoms with Crippen LogP contribution >= 0.6 is 11.8 Å². The third kappa shape index (κ3) is 5.23. The molecule has 0 spiro atoms. The van der Waals surface area contributed by atoms with Gasteiger partial charge in [0.15, 0.2) is 0 Å². The molecule has 1 unspecified atom stereocenters. The highest BCUT2D eigenvalue weighted by molar-refractivity contribution is 7.98. The van der Waals surface area contributed by atoms with E-state index in [0.717, 1.165) is 22.8 Å². The van der Waals surface area contributed by atoms with E-state index in [2.05, 4.69) is 17.4 Å². The summed E-state index contributed by atoms with van der Waals surface area (Å²) < 4.78 is 11.5. The molecular formula is C26H27NO3S. The van der Waals surface area contributed by atoms with E-state index in [1.165, 1.54) is 10.5 Å². The maximum atomic E-state index is 13.0. The van der Waals surface area contributed by atoms with Gasteiger partial charge < -0.3 is 14.8 Å². The van der Waals surface area contributed by atoms with Crippen LogP contribution in [0.5, 0.6) is 11.5 Å². The fourth-order valence-electron chi connectivity index (χ4n) is 3.77. The third-order valence-electron chi connectivity index (χ3n) is 5.34. The molecule has 1 amide bonds. The highest BCUT2D eigenvalue weighted by Crippen LogP contribution is 2.41. The van der Waals surface area contributed by atoms with Gasteiger partial charge in [-0.2, -0.15) is 0 Å². The molecule has 0 aromatic heterocycles. The van der Waals surface area contributed by atoms with Gasteiger partial charge in [-0.15, -0.1) is 11.8 Å². The van der Waals surface area contributed by atoms with Crippen molar-refractivity contribution in [1.82, 2.24) is 5.32 Å². The second-order valence-electron chi connectivity index (χ2n) is 8.29. The van der Waals surface area contributed by atoms with E-state index in [4.69, 9.17) is 9.47 Å². The van der Waals surface area contributed by atoms with Gasteiger partial charge in [0.05, 0.1) is 13.2 Å². The van der Waals surface area contributed by atoms with Gasteiger partial charge in [-0.25, -0.2) is 0 Å². The SMILES string of the molecule is COc1ccc2c(c1)C(NC(=O)c1ccc(CSc3ccccc3)cc1)CC(C)(C)O2. The fraction of sp³-hybridized carbons (Fsp3) is 0.269. The summed E-state index contributed by atoms with van der Waals surface area (Å²) in [6.45, 7) is 4.08. The Bertz CT molecular complexity index is 1050. The average Bonchev–Trinajstić information content (AvgIpc) is 2.78. The number of fused-ring (bicyclic) bond motifs is 1. The smallest absolute Gasteiger partial charge is 0.251 e. The van der Waals surface area contributed by atoms with Gasteiger partial charge in [0.2, 0.25) is 0 Å². The minimum Gasteiger partial charge on any atom is -0.497 e. The van der Waals surface area contributed by atoms with Crippen LogP contribution in [0.2, 0.25) is 0 Å². The maximum Gasteiger partial charge on any atom is 0.251 e. The number of hydrogen-bond donors (Lipinski definition) is 1. The standard InChI is InChI=1S/C26H27NO3S/c1-26(2)16-23(22-15-20(29-3)13-14-24(22)30-26)27-25(28)19-11-9-18(10-12-19)17-31-21-7-5-4-6-8-21/h4-15,23H,16-17H2,1-3H3,(H,27,28). The van der Waals surface area contributed by atoms with Crippen molar-refractivity contribution in [3.63, 3.8) is 0 Å². The maximum absolute atomic E-state index is 13.0. The Labute approximate surface area is 188 Å². The first kappa shape index (κ1) is 21.3. The molecular weight excluding hydrogens is 406 g/mol. The molecule has 0 fully saturated rings.